The van der Waals surface area contributed by atoms with Gasteiger partial charge in [0.1, 0.15) is 5.75 Å². The number of aliphatic carboxylic acids is 1. The largest absolute Gasteiger partial charge is 0.495 e. The zero-order valence-electron chi connectivity index (χ0n) is 12.8. The summed E-state index contributed by atoms with van der Waals surface area (Å²) in [6, 6.07) is 4.69. The number of carboxylic acid groups (broad SMARTS) is 1. The first-order valence-corrected chi connectivity index (χ1v) is 7.97. The number of halogens is 1. The number of anilines is 1. The van der Waals surface area contributed by atoms with Crippen molar-refractivity contribution in [2.24, 2.45) is 11.3 Å². The van der Waals surface area contributed by atoms with Crippen LogP contribution >= 0.6 is 11.6 Å². The maximum absolute atomic E-state index is 12.4. The number of nitrogens with one attached hydrogen (secondary N) is 1. The lowest BCUT2D eigenvalue weighted by Crippen LogP contribution is -2.38. The third-order valence-corrected chi connectivity index (χ3v) is 5.30. The van der Waals surface area contributed by atoms with E-state index in [0.29, 0.717) is 29.4 Å². The number of nitrogens with zero attached hydrogens (tertiary/aromatic N) is 1. The average Bonchev–Trinajstić information content (AvgIpc) is 3.07. The monoisotopic (exact) mass is 338 g/mol. The van der Waals surface area contributed by atoms with E-state index in [2.05, 4.69) is 5.32 Å². The van der Waals surface area contributed by atoms with Gasteiger partial charge in [0.05, 0.1) is 17.5 Å². The van der Waals surface area contributed by atoms with Gasteiger partial charge in [0.15, 0.2) is 0 Å². The normalized spacial score (nSPS) is 26.0. The van der Waals surface area contributed by atoms with E-state index in [9.17, 15) is 14.7 Å². The molecule has 2 amide bonds. The Hall–Kier alpha value is -1.95. The molecule has 2 fully saturated rings. The van der Waals surface area contributed by atoms with Crippen LogP contribution in [0.5, 0.6) is 5.75 Å². The van der Waals surface area contributed by atoms with E-state index in [1.807, 2.05) is 0 Å². The van der Waals surface area contributed by atoms with Gasteiger partial charge >= 0.3 is 12.0 Å². The van der Waals surface area contributed by atoms with Crippen molar-refractivity contribution in [2.45, 2.75) is 19.3 Å². The second-order valence-electron chi connectivity index (χ2n) is 6.21. The van der Waals surface area contributed by atoms with Gasteiger partial charge < -0.3 is 20.1 Å². The Morgan fingerprint density at radius 1 is 1.48 bits per heavy atom. The van der Waals surface area contributed by atoms with E-state index in [4.69, 9.17) is 16.3 Å². The maximum atomic E-state index is 12.4. The predicted molar refractivity (Wildman–Crippen MR) is 86.0 cm³/mol. The minimum Gasteiger partial charge on any atom is -0.495 e. The molecule has 1 aromatic carbocycles. The lowest BCUT2D eigenvalue weighted by molar-refractivity contribution is -0.149. The van der Waals surface area contributed by atoms with Crippen LogP contribution in [-0.2, 0) is 4.79 Å². The average molecular weight is 339 g/mol. The van der Waals surface area contributed by atoms with Crippen molar-refractivity contribution in [3.63, 3.8) is 0 Å². The topological polar surface area (TPSA) is 78.9 Å². The van der Waals surface area contributed by atoms with Crippen LogP contribution < -0.4 is 10.1 Å². The predicted octanol–water partition coefficient (Wildman–Crippen LogP) is 3.07. The van der Waals surface area contributed by atoms with E-state index in [1.165, 1.54) is 7.11 Å². The second-order valence-corrected chi connectivity index (χ2v) is 6.62. The Kier molecular flexibility index (Phi) is 4.10. The fourth-order valence-electron chi connectivity index (χ4n) is 3.73. The highest BCUT2D eigenvalue weighted by molar-refractivity contribution is 6.32. The first-order valence-electron chi connectivity index (χ1n) is 7.59. The van der Waals surface area contributed by atoms with Gasteiger partial charge in [0.25, 0.3) is 0 Å². The number of benzene rings is 1. The molecule has 2 aliphatic rings. The lowest BCUT2D eigenvalue weighted by Gasteiger charge is -2.23. The molecule has 0 spiro atoms. The summed E-state index contributed by atoms with van der Waals surface area (Å²) in [7, 11) is 1.51. The van der Waals surface area contributed by atoms with Crippen LogP contribution in [0.2, 0.25) is 5.02 Å². The molecule has 6 nitrogen and oxygen atoms in total. The van der Waals surface area contributed by atoms with Gasteiger partial charge in [-0.15, -0.1) is 0 Å². The van der Waals surface area contributed by atoms with Crippen molar-refractivity contribution in [1.29, 1.82) is 0 Å². The fourth-order valence-corrected chi connectivity index (χ4v) is 3.93. The van der Waals surface area contributed by atoms with Gasteiger partial charge in [-0.25, -0.2) is 4.79 Å². The molecule has 2 atom stereocenters. The number of carbonyl (C=O) groups excluding carboxylic acids is 1. The van der Waals surface area contributed by atoms with Gasteiger partial charge in [0, 0.05) is 24.8 Å². The van der Waals surface area contributed by atoms with Crippen molar-refractivity contribution in [2.75, 3.05) is 25.5 Å². The first kappa shape index (κ1) is 15.9. The van der Waals surface area contributed by atoms with E-state index in [-0.39, 0.29) is 18.5 Å². The van der Waals surface area contributed by atoms with Crippen LogP contribution in [-0.4, -0.2) is 42.2 Å². The number of rotatable bonds is 3. The van der Waals surface area contributed by atoms with Gasteiger partial charge in [-0.3, -0.25) is 4.79 Å². The smallest absolute Gasteiger partial charge is 0.321 e. The number of hydrogen-bond acceptors (Lipinski definition) is 3. The number of carboxylic acids is 1. The SMILES string of the molecule is COc1cc(NC(=O)N2C[C@@H]3CCC[C@@]3(C(=O)O)C2)ccc1Cl. The Morgan fingerprint density at radius 2 is 2.26 bits per heavy atom. The van der Waals surface area contributed by atoms with E-state index in [1.54, 1.807) is 23.1 Å². The summed E-state index contributed by atoms with van der Waals surface area (Å²) < 4.78 is 5.13. The van der Waals surface area contributed by atoms with Crippen LogP contribution in [0, 0.1) is 11.3 Å². The number of likely N-dealkylation sites (tertiary alicyclic amines) is 1. The molecule has 1 aliphatic carbocycles. The van der Waals surface area contributed by atoms with Crippen LogP contribution in [0.3, 0.4) is 0 Å². The zero-order valence-corrected chi connectivity index (χ0v) is 13.6. The highest BCUT2D eigenvalue weighted by atomic mass is 35.5. The van der Waals surface area contributed by atoms with Crippen molar-refractivity contribution in [3.05, 3.63) is 23.2 Å². The standard InChI is InChI=1S/C16H19ClN2O4/c1-23-13-7-11(4-5-12(13)17)18-15(22)19-8-10-3-2-6-16(10,9-19)14(20)21/h4-5,7,10H,2-3,6,8-9H2,1H3,(H,18,22)(H,20,21)/t10-,16+/m0/s1. The molecular formula is C16H19ClN2O4. The molecule has 3 rings (SSSR count). The van der Waals surface area contributed by atoms with Crippen LogP contribution in [0.15, 0.2) is 18.2 Å². The first-order chi connectivity index (χ1) is 11.0. The van der Waals surface area contributed by atoms with Gasteiger partial charge in [-0.1, -0.05) is 18.0 Å². The number of amides is 2. The molecule has 1 aromatic rings. The quantitative estimate of drug-likeness (QED) is 0.887. The minimum atomic E-state index is -0.788. The molecule has 124 valence electrons. The van der Waals surface area contributed by atoms with Gasteiger partial charge in [-0.05, 0) is 30.9 Å². The minimum absolute atomic E-state index is 0.0468. The number of methoxy groups -OCH3 is 1. The highest BCUT2D eigenvalue weighted by Gasteiger charge is 2.55. The molecule has 0 aromatic heterocycles. The van der Waals surface area contributed by atoms with Crippen LogP contribution in [0.4, 0.5) is 10.5 Å². The lowest BCUT2D eigenvalue weighted by atomic mass is 9.81. The molecule has 1 heterocycles. The molecule has 0 radical (unpaired) electrons. The summed E-state index contributed by atoms with van der Waals surface area (Å²) in [6.45, 7) is 0.756. The molecule has 7 heteroatoms. The number of ether oxygens (including phenoxy) is 1. The molecular weight excluding hydrogens is 320 g/mol. The molecule has 1 saturated heterocycles. The van der Waals surface area contributed by atoms with Gasteiger partial charge in [0.2, 0.25) is 0 Å². The van der Waals surface area contributed by atoms with Crippen LogP contribution in [0.25, 0.3) is 0 Å². The molecule has 1 aliphatic heterocycles. The summed E-state index contributed by atoms with van der Waals surface area (Å²) in [5.74, 6) is -0.265. The molecule has 23 heavy (non-hydrogen) atoms. The molecule has 2 N–H and O–H groups in total. The Morgan fingerprint density at radius 3 is 2.91 bits per heavy atom. The van der Waals surface area contributed by atoms with Crippen molar-refractivity contribution in [1.82, 2.24) is 4.90 Å². The van der Waals surface area contributed by atoms with E-state index in [0.717, 1.165) is 12.8 Å². The third kappa shape index (κ3) is 2.72. The summed E-state index contributed by atoms with van der Waals surface area (Å²) >= 11 is 5.96. The molecule has 0 bridgehead atoms. The highest BCUT2D eigenvalue weighted by Crippen LogP contribution is 2.49. The summed E-state index contributed by atoms with van der Waals surface area (Å²) in [5, 5.41) is 12.8. The molecule has 1 saturated carbocycles. The number of fused-ring (bicyclic) bond motifs is 1. The van der Waals surface area contributed by atoms with Crippen LogP contribution in [0.1, 0.15) is 19.3 Å². The number of carbonyl (C=O) groups is 2. The van der Waals surface area contributed by atoms with Crippen molar-refractivity contribution < 1.29 is 19.4 Å². The Bertz CT molecular complexity index is 651. The fraction of sp³-hybridized carbons (Fsp3) is 0.500. The maximum Gasteiger partial charge on any atom is 0.321 e. The van der Waals surface area contributed by atoms with E-state index < -0.39 is 11.4 Å². The van der Waals surface area contributed by atoms with Gasteiger partial charge in [-0.2, -0.15) is 0 Å². The summed E-state index contributed by atoms with van der Waals surface area (Å²) in [6.07, 6.45) is 2.43. The Balaban J connectivity index is 1.72. The number of urea groups is 1. The summed E-state index contributed by atoms with van der Waals surface area (Å²) in [5.41, 5.74) is -0.202. The zero-order chi connectivity index (χ0) is 16.6. The number of hydrogen-bond donors (Lipinski definition) is 2. The molecule has 0 unspecified atom stereocenters. The van der Waals surface area contributed by atoms with Crippen molar-refractivity contribution in [3.8, 4) is 5.75 Å². The Labute approximate surface area is 139 Å². The van der Waals surface area contributed by atoms with E-state index >= 15 is 0 Å². The third-order valence-electron chi connectivity index (χ3n) is 4.99. The second kappa shape index (κ2) is 5.92. The summed E-state index contributed by atoms with van der Waals surface area (Å²) in [4.78, 5) is 25.7. The van der Waals surface area contributed by atoms with Crippen molar-refractivity contribution >= 4 is 29.3 Å².